The highest BCUT2D eigenvalue weighted by Crippen LogP contribution is 2.33. The number of para-hydroxylation sites is 1. The second kappa shape index (κ2) is 7.08. The molecule has 0 saturated heterocycles. The molecule has 0 bridgehead atoms. The number of esters is 1. The monoisotopic (exact) mass is 382 g/mol. The highest BCUT2D eigenvalue weighted by atomic mass is 32.2. The summed E-state index contributed by atoms with van der Waals surface area (Å²) in [4.78, 5) is 39.1. The number of nitrogens with one attached hydrogen (secondary N) is 1. The molecule has 0 aliphatic carbocycles. The molecule has 27 heavy (non-hydrogen) atoms. The number of hydrogen-bond acceptors (Lipinski definition) is 5. The van der Waals surface area contributed by atoms with Crippen LogP contribution in [0.3, 0.4) is 0 Å². The van der Waals surface area contributed by atoms with Gasteiger partial charge < -0.3 is 15.0 Å². The fourth-order valence-electron chi connectivity index (χ4n) is 3.44. The number of carbonyl (C=O) groups is 3. The summed E-state index contributed by atoms with van der Waals surface area (Å²) >= 11 is 1.42. The summed E-state index contributed by atoms with van der Waals surface area (Å²) in [7, 11) is 0. The number of fused-ring (bicyclic) bond motifs is 2. The molecule has 0 spiro atoms. The summed E-state index contributed by atoms with van der Waals surface area (Å²) in [5.41, 5.74) is 2.89. The van der Waals surface area contributed by atoms with Crippen molar-refractivity contribution in [3.05, 3.63) is 53.6 Å². The lowest BCUT2D eigenvalue weighted by molar-refractivity contribution is -0.122. The minimum absolute atomic E-state index is 0.0320. The molecule has 0 aromatic heterocycles. The minimum atomic E-state index is -0.587. The summed E-state index contributed by atoms with van der Waals surface area (Å²) < 4.78 is 5.23. The number of benzene rings is 2. The van der Waals surface area contributed by atoms with Gasteiger partial charge in [0, 0.05) is 16.6 Å². The third-order valence-electron chi connectivity index (χ3n) is 4.65. The van der Waals surface area contributed by atoms with E-state index in [2.05, 4.69) is 5.32 Å². The third kappa shape index (κ3) is 3.42. The van der Waals surface area contributed by atoms with E-state index in [9.17, 15) is 14.4 Å². The van der Waals surface area contributed by atoms with Crippen molar-refractivity contribution in [1.82, 2.24) is 0 Å². The Balaban J connectivity index is 1.43. The molecule has 7 heteroatoms. The molecule has 1 N–H and O–H groups in total. The van der Waals surface area contributed by atoms with Gasteiger partial charge in [0.2, 0.25) is 5.91 Å². The first-order valence-corrected chi connectivity index (χ1v) is 9.65. The number of ether oxygens (including phenoxy) is 1. The normalized spacial score (nSPS) is 17.7. The predicted octanol–water partition coefficient (Wildman–Crippen LogP) is 2.87. The maximum absolute atomic E-state index is 12.6. The van der Waals surface area contributed by atoms with Gasteiger partial charge in [0.15, 0.2) is 6.61 Å². The smallest absolute Gasteiger partial charge is 0.338 e. The van der Waals surface area contributed by atoms with Crippen LogP contribution in [0.1, 0.15) is 22.8 Å². The summed E-state index contributed by atoms with van der Waals surface area (Å²) in [6.07, 6.45) is 0.790. The Hall–Kier alpha value is -2.80. The molecular formula is C20H18N2O4S. The molecule has 138 valence electrons. The highest BCUT2D eigenvalue weighted by Gasteiger charge is 2.31. The Bertz CT molecular complexity index is 943. The van der Waals surface area contributed by atoms with E-state index in [1.165, 1.54) is 11.8 Å². The Kier molecular flexibility index (Phi) is 4.61. The molecule has 0 radical (unpaired) electrons. The first kappa shape index (κ1) is 17.6. The SMILES string of the molecule is C[C@H]1Cc2ccccc2N1C(=O)COC(=O)c1ccc2c(c1)NC(=O)CS2. The van der Waals surface area contributed by atoms with Gasteiger partial charge in [0.05, 0.1) is 17.0 Å². The number of carbonyl (C=O) groups excluding carboxylic acids is 3. The lowest BCUT2D eigenvalue weighted by atomic mass is 10.1. The van der Waals surface area contributed by atoms with Crippen LogP contribution in [0.25, 0.3) is 0 Å². The lowest BCUT2D eigenvalue weighted by Crippen LogP contribution is -2.38. The molecule has 2 aliphatic heterocycles. The molecule has 0 unspecified atom stereocenters. The van der Waals surface area contributed by atoms with Gasteiger partial charge in [0.1, 0.15) is 0 Å². The van der Waals surface area contributed by atoms with Gasteiger partial charge in [-0.25, -0.2) is 4.79 Å². The molecule has 6 nitrogen and oxygen atoms in total. The number of amides is 2. The van der Waals surface area contributed by atoms with Crippen molar-refractivity contribution >= 4 is 40.9 Å². The van der Waals surface area contributed by atoms with Crippen LogP contribution in [0.2, 0.25) is 0 Å². The van der Waals surface area contributed by atoms with Crippen LogP contribution in [0.5, 0.6) is 0 Å². The Morgan fingerprint density at radius 3 is 2.93 bits per heavy atom. The van der Waals surface area contributed by atoms with Crippen LogP contribution in [-0.2, 0) is 20.7 Å². The van der Waals surface area contributed by atoms with Gasteiger partial charge in [-0.1, -0.05) is 18.2 Å². The molecule has 2 aliphatic rings. The first-order valence-electron chi connectivity index (χ1n) is 8.67. The number of nitrogens with zero attached hydrogens (tertiary/aromatic N) is 1. The maximum Gasteiger partial charge on any atom is 0.338 e. The van der Waals surface area contributed by atoms with Crippen molar-refractivity contribution in [3.8, 4) is 0 Å². The Morgan fingerprint density at radius 1 is 1.26 bits per heavy atom. The molecule has 4 rings (SSSR count). The highest BCUT2D eigenvalue weighted by molar-refractivity contribution is 8.00. The van der Waals surface area contributed by atoms with Crippen molar-refractivity contribution in [2.75, 3.05) is 22.6 Å². The quantitative estimate of drug-likeness (QED) is 0.826. The molecule has 1 atom stereocenters. The van der Waals surface area contributed by atoms with E-state index < -0.39 is 5.97 Å². The van der Waals surface area contributed by atoms with Gasteiger partial charge in [0.25, 0.3) is 5.91 Å². The van der Waals surface area contributed by atoms with E-state index in [1.807, 2.05) is 31.2 Å². The van der Waals surface area contributed by atoms with Crippen molar-refractivity contribution in [2.24, 2.45) is 0 Å². The van der Waals surface area contributed by atoms with E-state index in [-0.39, 0.29) is 24.5 Å². The van der Waals surface area contributed by atoms with E-state index in [0.29, 0.717) is 17.0 Å². The number of anilines is 2. The standard InChI is InChI=1S/C20H18N2O4S/c1-12-8-13-4-2-3-5-16(13)22(12)19(24)10-26-20(25)14-6-7-17-15(9-14)21-18(23)11-27-17/h2-7,9,12H,8,10-11H2,1H3,(H,21,23)/t12-/m0/s1. The summed E-state index contributed by atoms with van der Waals surface area (Å²) in [5.74, 6) is -0.575. The fraction of sp³-hybridized carbons (Fsp3) is 0.250. The Morgan fingerprint density at radius 2 is 2.07 bits per heavy atom. The molecular weight excluding hydrogens is 364 g/mol. The summed E-state index contributed by atoms with van der Waals surface area (Å²) in [5, 5.41) is 2.74. The van der Waals surface area contributed by atoms with E-state index in [4.69, 9.17) is 4.74 Å². The third-order valence-corrected chi connectivity index (χ3v) is 5.72. The molecule has 2 amide bonds. The second-order valence-corrected chi connectivity index (χ2v) is 7.59. The molecule has 2 heterocycles. The molecule has 2 aromatic carbocycles. The maximum atomic E-state index is 12.6. The van der Waals surface area contributed by atoms with E-state index >= 15 is 0 Å². The van der Waals surface area contributed by atoms with Crippen LogP contribution >= 0.6 is 11.8 Å². The average molecular weight is 382 g/mol. The van der Waals surface area contributed by atoms with E-state index in [0.717, 1.165) is 22.6 Å². The van der Waals surface area contributed by atoms with Crippen LogP contribution in [-0.4, -0.2) is 36.2 Å². The molecule has 0 fully saturated rings. The first-order chi connectivity index (χ1) is 13.0. The zero-order valence-electron chi connectivity index (χ0n) is 14.7. The van der Waals surface area contributed by atoms with Gasteiger partial charge in [-0.2, -0.15) is 0 Å². The minimum Gasteiger partial charge on any atom is -0.452 e. The second-order valence-electron chi connectivity index (χ2n) is 6.57. The van der Waals surface area contributed by atoms with Crippen molar-refractivity contribution in [3.63, 3.8) is 0 Å². The summed E-state index contributed by atoms with van der Waals surface area (Å²) in [6, 6.07) is 12.8. The molecule has 0 saturated carbocycles. The van der Waals surface area contributed by atoms with Gasteiger partial charge >= 0.3 is 5.97 Å². The van der Waals surface area contributed by atoms with Crippen molar-refractivity contribution in [1.29, 1.82) is 0 Å². The zero-order valence-corrected chi connectivity index (χ0v) is 15.5. The topological polar surface area (TPSA) is 75.7 Å². The van der Waals surface area contributed by atoms with Gasteiger partial charge in [-0.3, -0.25) is 9.59 Å². The Labute approximate surface area is 160 Å². The van der Waals surface area contributed by atoms with Crippen LogP contribution in [0.4, 0.5) is 11.4 Å². The molecule has 2 aromatic rings. The van der Waals surface area contributed by atoms with E-state index in [1.54, 1.807) is 23.1 Å². The average Bonchev–Trinajstić information content (AvgIpc) is 3.01. The lowest BCUT2D eigenvalue weighted by Gasteiger charge is -2.22. The number of rotatable bonds is 3. The summed E-state index contributed by atoms with van der Waals surface area (Å²) in [6.45, 7) is 1.65. The van der Waals surface area contributed by atoms with Crippen molar-refractivity contribution < 1.29 is 19.1 Å². The van der Waals surface area contributed by atoms with Crippen molar-refractivity contribution in [2.45, 2.75) is 24.3 Å². The fourth-order valence-corrected chi connectivity index (χ4v) is 4.22. The van der Waals surface area contributed by atoms with Gasteiger partial charge in [-0.15, -0.1) is 11.8 Å². The van der Waals surface area contributed by atoms with Crippen LogP contribution in [0.15, 0.2) is 47.4 Å². The zero-order chi connectivity index (χ0) is 19.0. The van der Waals surface area contributed by atoms with Gasteiger partial charge in [-0.05, 0) is 43.2 Å². The van der Waals surface area contributed by atoms with Crippen LogP contribution in [0, 0.1) is 0 Å². The number of thioether (sulfide) groups is 1. The predicted molar refractivity (Wildman–Crippen MR) is 103 cm³/mol. The number of hydrogen-bond donors (Lipinski definition) is 1. The largest absolute Gasteiger partial charge is 0.452 e. The van der Waals surface area contributed by atoms with Crippen LogP contribution < -0.4 is 10.2 Å².